The molecule has 1 N–H and O–H groups in total. The number of carbonyl (C=O) groups excluding carboxylic acids is 1. The minimum Gasteiger partial charge on any atom is -0.477 e. The quantitative estimate of drug-likeness (QED) is 0.758. The van der Waals surface area contributed by atoms with Crippen molar-refractivity contribution in [2.75, 3.05) is 0 Å². The van der Waals surface area contributed by atoms with Gasteiger partial charge in [-0.3, -0.25) is 0 Å². The third-order valence-electron chi connectivity index (χ3n) is 2.59. The summed E-state index contributed by atoms with van der Waals surface area (Å²) in [5.74, 6) is -1.16. The van der Waals surface area contributed by atoms with Gasteiger partial charge in [0.25, 0.3) is 0 Å². The Morgan fingerprint density at radius 1 is 1.25 bits per heavy atom. The molecule has 1 heterocycles. The van der Waals surface area contributed by atoms with Gasteiger partial charge in [0.1, 0.15) is 5.60 Å². The van der Waals surface area contributed by atoms with Crippen molar-refractivity contribution in [3.63, 3.8) is 0 Å². The minimum absolute atomic E-state index is 0.0685. The first-order valence-electron chi connectivity index (χ1n) is 5.98. The van der Waals surface area contributed by atoms with Crippen LogP contribution < -0.4 is 0 Å². The summed E-state index contributed by atoms with van der Waals surface area (Å²) in [7, 11) is 0. The van der Waals surface area contributed by atoms with E-state index in [0.717, 1.165) is 9.95 Å². The smallest absolute Gasteiger partial charge is 0.419 e. The van der Waals surface area contributed by atoms with E-state index in [-0.39, 0.29) is 5.69 Å². The van der Waals surface area contributed by atoms with Crippen LogP contribution >= 0.6 is 22.6 Å². The second-order valence-electron chi connectivity index (χ2n) is 5.30. The Bertz CT molecular complexity index is 697. The van der Waals surface area contributed by atoms with E-state index in [1.807, 2.05) is 22.6 Å². The van der Waals surface area contributed by atoms with Crippen molar-refractivity contribution in [1.29, 1.82) is 0 Å². The molecule has 0 saturated carbocycles. The SMILES string of the molecule is CC(C)(C)OC(=O)n1c(C(=O)O)c(I)c2ccccc21. The molecule has 6 heteroatoms. The van der Waals surface area contributed by atoms with Gasteiger partial charge in [-0.1, -0.05) is 18.2 Å². The zero-order valence-electron chi connectivity index (χ0n) is 11.3. The molecular weight excluding hydrogens is 373 g/mol. The fourth-order valence-electron chi connectivity index (χ4n) is 1.89. The number of ether oxygens (including phenoxy) is 1. The highest BCUT2D eigenvalue weighted by Gasteiger charge is 2.27. The van der Waals surface area contributed by atoms with Crippen LogP contribution in [0.1, 0.15) is 31.3 Å². The molecule has 0 bridgehead atoms. The Hall–Kier alpha value is -1.57. The number of para-hydroxylation sites is 1. The summed E-state index contributed by atoms with van der Waals surface area (Å²) in [4.78, 5) is 23.7. The van der Waals surface area contributed by atoms with E-state index in [9.17, 15) is 14.7 Å². The first-order chi connectivity index (χ1) is 9.22. The number of carboxylic acid groups (broad SMARTS) is 1. The van der Waals surface area contributed by atoms with Crippen LogP contribution in [0.5, 0.6) is 0 Å². The molecule has 0 fully saturated rings. The molecule has 0 spiro atoms. The first kappa shape index (κ1) is 14.8. The van der Waals surface area contributed by atoms with E-state index in [0.29, 0.717) is 9.09 Å². The number of benzene rings is 1. The highest BCUT2D eigenvalue weighted by atomic mass is 127. The van der Waals surface area contributed by atoms with Gasteiger partial charge in [-0.25, -0.2) is 14.2 Å². The van der Waals surface area contributed by atoms with Crippen LogP contribution in [0.25, 0.3) is 10.9 Å². The molecule has 0 saturated heterocycles. The fourth-order valence-corrected chi connectivity index (χ4v) is 2.82. The number of nitrogens with zero attached hydrogens (tertiary/aromatic N) is 1. The number of halogens is 1. The summed E-state index contributed by atoms with van der Waals surface area (Å²) in [6.07, 6.45) is -0.686. The first-order valence-corrected chi connectivity index (χ1v) is 7.06. The van der Waals surface area contributed by atoms with Gasteiger partial charge in [0, 0.05) is 5.39 Å². The van der Waals surface area contributed by atoms with Crippen LogP contribution in [-0.2, 0) is 4.74 Å². The second kappa shape index (κ2) is 5.08. The number of aromatic carboxylic acids is 1. The highest BCUT2D eigenvalue weighted by molar-refractivity contribution is 14.1. The molecule has 0 aliphatic carbocycles. The zero-order chi connectivity index (χ0) is 15.1. The third-order valence-corrected chi connectivity index (χ3v) is 3.68. The maximum atomic E-state index is 12.3. The van der Waals surface area contributed by atoms with Gasteiger partial charge < -0.3 is 9.84 Å². The topological polar surface area (TPSA) is 68.5 Å². The monoisotopic (exact) mass is 387 g/mol. The maximum absolute atomic E-state index is 12.3. The van der Waals surface area contributed by atoms with Crippen LogP contribution in [0.2, 0.25) is 0 Å². The Kier molecular flexibility index (Phi) is 3.77. The van der Waals surface area contributed by atoms with Gasteiger partial charge in [-0.2, -0.15) is 0 Å². The zero-order valence-corrected chi connectivity index (χ0v) is 13.5. The molecule has 0 aliphatic rings. The molecule has 0 unspecified atom stereocenters. The number of hydrogen-bond acceptors (Lipinski definition) is 3. The molecule has 1 aromatic carbocycles. The van der Waals surface area contributed by atoms with Crippen LogP contribution in [0, 0.1) is 3.57 Å². The molecule has 20 heavy (non-hydrogen) atoms. The van der Waals surface area contributed by atoms with Crippen molar-refractivity contribution < 1.29 is 19.4 Å². The summed E-state index contributed by atoms with van der Waals surface area (Å²) in [5, 5.41) is 10.1. The van der Waals surface area contributed by atoms with Crippen molar-refractivity contribution >= 4 is 45.6 Å². The summed E-state index contributed by atoms with van der Waals surface area (Å²) < 4.78 is 6.93. The van der Waals surface area contributed by atoms with Crippen LogP contribution in [-0.4, -0.2) is 27.3 Å². The Labute approximate surface area is 129 Å². The number of fused-ring (bicyclic) bond motifs is 1. The summed E-state index contributed by atoms with van der Waals surface area (Å²) in [6, 6.07) is 7.04. The third kappa shape index (κ3) is 2.65. The van der Waals surface area contributed by atoms with Crippen molar-refractivity contribution in [2.24, 2.45) is 0 Å². The lowest BCUT2D eigenvalue weighted by molar-refractivity contribution is 0.0512. The molecule has 0 atom stereocenters. The van der Waals surface area contributed by atoms with Crippen LogP contribution in [0.15, 0.2) is 24.3 Å². The maximum Gasteiger partial charge on any atom is 0.419 e. The molecule has 0 aliphatic heterocycles. The average Bonchev–Trinajstić information content (AvgIpc) is 2.61. The van der Waals surface area contributed by atoms with E-state index >= 15 is 0 Å². The molecule has 106 valence electrons. The summed E-state index contributed by atoms with van der Waals surface area (Å²) in [5.41, 5.74) is -0.228. The van der Waals surface area contributed by atoms with Crippen molar-refractivity contribution in [1.82, 2.24) is 4.57 Å². The minimum atomic E-state index is -1.16. The lowest BCUT2D eigenvalue weighted by atomic mass is 10.2. The predicted octanol–water partition coefficient (Wildman–Crippen LogP) is 3.73. The van der Waals surface area contributed by atoms with Crippen molar-refractivity contribution in [3.05, 3.63) is 33.5 Å². The van der Waals surface area contributed by atoms with Gasteiger partial charge in [0.05, 0.1) is 9.09 Å². The molecule has 0 radical (unpaired) electrons. The Morgan fingerprint density at radius 2 is 1.85 bits per heavy atom. The van der Waals surface area contributed by atoms with Crippen LogP contribution in [0.4, 0.5) is 4.79 Å². The highest BCUT2D eigenvalue weighted by Crippen LogP contribution is 2.28. The van der Waals surface area contributed by atoms with E-state index in [1.54, 1.807) is 45.0 Å². The van der Waals surface area contributed by atoms with Crippen LogP contribution in [0.3, 0.4) is 0 Å². The second-order valence-corrected chi connectivity index (χ2v) is 6.38. The van der Waals surface area contributed by atoms with Crippen molar-refractivity contribution in [2.45, 2.75) is 26.4 Å². The van der Waals surface area contributed by atoms with E-state index in [2.05, 4.69) is 0 Å². The van der Waals surface area contributed by atoms with E-state index in [4.69, 9.17) is 4.74 Å². The largest absolute Gasteiger partial charge is 0.477 e. The number of aromatic nitrogens is 1. The molecular formula is C14H14INO4. The number of hydrogen-bond donors (Lipinski definition) is 1. The predicted molar refractivity (Wildman–Crippen MR) is 83.2 cm³/mol. The summed E-state index contributed by atoms with van der Waals surface area (Å²) >= 11 is 1.94. The standard InChI is InChI=1S/C14H14INO4/c1-14(2,3)20-13(19)16-9-7-5-4-6-8(9)10(15)11(16)12(17)18/h4-7H,1-3H3,(H,17,18). The number of rotatable bonds is 1. The fraction of sp³-hybridized carbons (Fsp3) is 0.286. The molecule has 2 aromatic rings. The van der Waals surface area contributed by atoms with Crippen molar-refractivity contribution in [3.8, 4) is 0 Å². The number of carbonyl (C=O) groups is 2. The van der Waals surface area contributed by atoms with Gasteiger partial charge >= 0.3 is 12.1 Å². The van der Waals surface area contributed by atoms with Gasteiger partial charge in [0.15, 0.2) is 5.69 Å². The molecule has 1 aromatic heterocycles. The molecule has 0 amide bonds. The van der Waals surface area contributed by atoms with Gasteiger partial charge in [-0.05, 0) is 49.4 Å². The lowest BCUT2D eigenvalue weighted by Crippen LogP contribution is -2.29. The molecule has 2 rings (SSSR count). The molecule has 5 nitrogen and oxygen atoms in total. The van der Waals surface area contributed by atoms with E-state index < -0.39 is 17.7 Å². The van der Waals surface area contributed by atoms with E-state index in [1.165, 1.54) is 0 Å². The Morgan fingerprint density at radius 3 is 2.40 bits per heavy atom. The summed E-state index contributed by atoms with van der Waals surface area (Å²) in [6.45, 7) is 5.21. The average molecular weight is 387 g/mol. The lowest BCUT2D eigenvalue weighted by Gasteiger charge is -2.20. The van der Waals surface area contributed by atoms with Gasteiger partial charge in [-0.15, -0.1) is 0 Å². The normalized spacial score (nSPS) is 11.6. The number of carboxylic acids is 1. The van der Waals surface area contributed by atoms with Gasteiger partial charge in [0.2, 0.25) is 0 Å². The Balaban J connectivity index is 2.70.